The van der Waals surface area contributed by atoms with Crippen LogP contribution < -0.4 is 16.0 Å². The number of carbonyl (C=O) groups is 5. The Morgan fingerprint density at radius 3 is 1.34 bits per heavy atom. The van der Waals surface area contributed by atoms with Gasteiger partial charge in [0.25, 0.3) is 11.6 Å². The van der Waals surface area contributed by atoms with Crippen molar-refractivity contribution in [2.45, 2.75) is 392 Å². The lowest BCUT2D eigenvalue weighted by Crippen LogP contribution is -2.72. The summed E-state index contributed by atoms with van der Waals surface area (Å²) in [5.41, 5.74) is 0. The summed E-state index contributed by atoms with van der Waals surface area (Å²) in [5, 5.41) is 185. The number of aliphatic hydroxyl groups excluding tert-OH is 14. The number of aliphatic carboxylic acids is 2. The van der Waals surface area contributed by atoms with Gasteiger partial charge in [-0.1, -0.05) is 200 Å². The molecule has 4 heterocycles. The van der Waals surface area contributed by atoms with Crippen molar-refractivity contribution in [2.75, 3.05) is 33.0 Å². The molecule has 0 aromatic heterocycles. The van der Waals surface area contributed by atoms with Gasteiger partial charge < -0.3 is 136 Å². The van der Waals surface area contributed by atoms with E-state index < -0.39 is 216 Å². The number of amides is 3. The molecule has 4 aliphatic heterocycles. The van der Waals surface area contributed by atoms with Crippen LogP contribution in [0.3, 0.4) is 0 Å². The van der Waals surface area contributed by atoms with E-state index in [1.165, 1.54) is 128 Å². The van der Waals surface area contributed by atoms with E-state index in [0.717, 1.165) is 65.2 Å². The number of hydrogen-bond acceptors (Lipinski definition) is 27. The van der Waals surface area contributed by atoms with Gasteiger partial charge in [0.05, 0.1) is 69.5 Å². The molecular weight excluding hydrogens is 1370 g/mol. The van der Waals surface area contributed by atoms with Gasteiger partial charge in [0.15, 0.2) is 12.6 Å². The first-order valence-corrected chi connectivity index (χ1v) is 38.5. The molecule has 104 heavy (non-hydrogen) atoms. The van der Waals surface area contributed by atoms with Crippen LogP contribution in [0.25, 0.3) is 0 Å². The minimum Gasteiger partial charge on any atom is -0.477 e. The largest absolute Gasteiger partial charge is 0.477 e. The fourth-order valence-corrected chi connectivity index (χ4v) is 14.2. The molecule has 0 aliphatic carbocycles. The molecule has 4 aliphatic rings. The molecule has 2 unspecified atom stereocenters. The highest BCUT2D eigenvalue weighted by Crippen LogP contribution is 2.41. The highest BCUT2D eigenvalue weighted by Gasteiger charge is 2.62. The van der Waals surface area contributed by atoms with Gasteiger partial charge in [-0.25, -0.2) is 9.59 Å². The summed E-state index contributed by atoms with van der Waals surface area (Å²) < 4.78 is 46.6. The third kappa shape index (κ3) is 29.7. The fourth-order valence-electron chi connectivity index (χ4n) is 14.2. The number of unbranched alkanes of at least 4 members (excludes halogenated alkanes) is 28. The number of nitrogens with one attached hydrogen (secondary N) is 3. The van der Waals surface area contributed by atoms with E-state index >= 15 is 0 Å². The average molecular weight is 1500 g/mol. The maximum absolute atomic E-state index is 13.6. The summed E-state index contributed by atoms with van der Waals surface area (Å²) in [4.78, 5) is 65.0. The fraction of sp³-hybridized carbons (Fsp3) is 0.931. The number of carboxylic acids is 2. The molecule has 32 heteroatoms. The summed E-state index contributed by atoms with van der Waals surface area (Å²) in [6.07, 6.45) is -7.17. The lowest BCUT2D eigenvalue weighted by molar-refractivity contribution is -0.388. The van der Waals surface area contributed by atoms with Crippen molar-refractivity contribution in [3.8, 4) is 0 Å². The first-order valence-electron chi connectivity index (χ1n) is 38.5. The average Bonchev–Trinajstić information content (AvgIpc) is 0.886. The van der Waals surface area contributed by atoms with Crippen molar-refractivity contribution >= 4 is 29.7 Å². The molecule has 0 bridgehead atoms. The van der Waals surface area contributed by atoms with Gasteiger partial charge in [0.1, 0.15) is 85.5 Å². The molecule has 0 radical (unpaired) electrons. The van der Waals surface area contributed by atoms with Gasteiger partial charge >= 0.3 is 11.9 Å². The van der Waals surface area contributed by atoms with E-state index in [1.54, 1.807) is 0 Å². The first kappa shape index (κ1) is 92.9. The maximum Gasteiger partial charge on any atom is 0.364 e. The van der Waals surface area contributed by atoms with Crippen LogP contribution in [0.1, 0.15) is 246 Å². The van der Waals surface area contributed by atoms with Crippen molar-refractivity contribution in [3.63, 3.8) is 0 Å². The second-order valence-corrected chi connectivity index (χ2v) is 29.0. The van der Waals surface area contributed by atoms with E-state index in [9.17, 15) is 106 Å². The van der Waals surface area contributed by atoms with Crippen molar-refractivity contribution in [2.24, 2.45) is 0 Å². The van der Waals surface area contributed by atoms with E-state index in [1.807, 2.05) is 0 Å². The molecule has 19 N–H and O–H groups in total. The van der Waals surface area contributed by atoms with Crippen LogP contribution in [0.2, 0.25) is 0 Å². The molecule has 0 aromatic rings. The van der Waals surface area contributed by atoms with Gasteiger partial charge in [-0.15, -0.1) is 0 Å². The van der Waals surface area contributed by atoms with Crippen LogP contribution in [-0.2, 0) is 61.9 Å². The van der Waals surface area contributed by atoms with Crippen molar-refractivity contribution in [1.29, 1.82) is 0 Å². The summed E-state index contributed by atoms with van der Waals surface area (Å²) in [7, 11) is 0. The van der Waals surface area contributed by atoms with Gasteiger partial charge in [-0.05, 0) is 12.8 Å². The Labute approximate surface area is 612 Å². The summed E-state index contributed by atoms with van der Waals surface area (Å²) >= 11 is 0. The second-order valence-electron chi connectivity index (χ2n) is 29.0. The van der Waals surface area contributed by atoms with Gasteiger partial charge in [-0.2, -0.15) is 0 Å². The van der Waals surface area contributed by atoms with Gasteiger partial charge in [-0.3, -0.25) is 14.4 Å². The minimum atomic E-state index is -3.39. The van der Waals surface area contributed by atoms with Crippen LogP contribution in [-0.4, -0.2) is 290 Å². The zero-order valence-electron chi connectivity index (χ0n) is 61.7. The first-order chi connectivity index (χ1) is 49.7. The molecular formula is C72H131N3O29. The quantitative estimate of drug-likeness (QED) is 0.0382. The third-order valence-corrected chi connectivity index (χ3v) is 20.3. The molecule has 32 nitrogen and oxygen atoms in total. The summed E-state index contributed by atoms with van der Waals surface area (Å²) in [5.74, 6) is -13.1. The highest BCUT2D eigenvalue weighted by molar-refractivity contribution is 5.78. The minimum absolute atomic E-state index is 0.179. The number of hydrogen-bond donors (Lipinski definition) is 19. The van der Waals surface area contributed by atoms with Crippen molar-refractivity contribution < 1.29 is 144 Å². The molecule has 0 saturated carbocycles. The van der Waals surface area contributed by atoms with Gasteiger partial charge in [0.2, 0.25) is 17.7 Å². The molecule has 608 valence electrons. The zero-order valence-corrected chi connectivity index (χ0v) is 61.7. The molecule has 4 rings (SSSR count). The molecule has 0 spiro atoms. The molecule has 0 aromatic carbocycles. The van der Waals surface area contributed by atoms with Crippen LogP contribution in [0, 0.1) is 0 Å². The number of carbonyl (C=O) groups excluding carboxylic acids is 3. The Morgan fingerprint density at radius 2 is 0.904 bits per heavy atom. The predicted octanol–water partition coefficient (Wildman–Crippen LogP) is 1.34. The Hall–Kier alpha value is -3.53. The summed E-state index contributed by atoms with van der Waals surface area (Å²) in [6.45, 7) is 1.20. The van der Waals surface area contributed by atoms with E-state index in [0.29, 0.717) is 19.3 Å². The topological polar surface area (TPSA) is 519 Å². The zero-order chi connectivity index (χ0) is 76.9. The SMILES string of the molecule is CCCCCCCCCCCCCCCCCCCC(=O)N[C@@H](CO[C@@H]1O[C@H](CO)[C@@H](O[C@@H]2O[C@H](CO)[C@H](O)[C@H](O[C@]3(C(=O)O)C[C@H](O)[C@@H](NC(C)=O)C([C@H](O)[C@@H](CO)O[C@]4(C(=O)O)C[C@H](O)[C@@H](NC(C)=O)C([C@H](O)[C@H](O)CO)O4)O3)[C@H]2O)[C@H](O)[C@H]1O)[C@H](O)CCCCCCCCCCCCCCC. The number of aliphatic hydroxyl groups is 14. The number of carboxylic acid groups (broad SMARTS) is 2. The third-order valence-electron chi connectivity index (χ3n) is 20.3. The predicted molar refractivity (Wildman–Crippen MR) is 372 cm³/mol. The van der Waals surface area contributed by atoms with E-state index in [4.69, 9.17) is 37.9 Å². The molecule has 24 atom stereocenters. The molecule has 4 fully saturated rings. The van der Waals surface area contributed by atoms with Crippen LogP contribution in [0.5, 0.6) is 0 Å². The summed E-state index contributed by atoms with van der Waals surface area (Å²) in [6, 6.07) is -4.64. The number of ether oxygens (including phenoxy) is 8. The van der Waals surface area contributed by atoms with Crippen molar-refractivity contribution in [3.05, 3.63) is 0 Å². The standard InChI is InChI=1S/C72H131N3O29/c1-5-7-9-11-13-15-17-19-20-21-22-24-26-28-30-32-34-36-54(86)75-46(47(82)35-33-31-29-27-25-23-18-16-14-12-10-8-6-2)43-97-67-61(91)60(90)63(53(42-79)99-67)100-68-62(92)66(58(88)51(40-77)98-68)104-72(70(95)96)38-49(84)56(74-45(4)81)65(103-72)59(89)52(41-78)101-71(69(93)94)37-48(83)55(73-44(3)80)64(102-71)57(87)50(85)39-76/h46-53,55-68,76-79,82-85,87-92H,5-43H2,1-4H3,(H,73,80)(H,74,81)(H,75,86)(H,93,94)(H,95,96)/t46-,47+,48-,49-,50+,51+,52+,53+,55+,56+,57+,58-,59+,60+,61+,62+,63+,64?,65?,66-,67+,68-,71+,72-/m0/s1. The molecule has 4 saturated heterocycles. The second kappa shape index (κ2) is 49.6. The highest BCUT2D eigenvalue weighted by atomic mass is 16.8. The maximum atomic E-state index is 13.6. The molecule has 3 amide bonds. The lowest BCUT2D eigenvalue weighted by atomic mass is 9.87. The normalized spacial score (nSPS) is 31.3. The Morgan fingerprint density at radius 1 is 0.481 bits per heavy atom. The van der Waals surface area contributed by atoms with E-state index in [-0.39, 0.29) is 12.3 Å². The van der Waals surface area contributed by atoms with Crippen LogP contribution in [0.15, 0.2) is 0 Å². The van der Waals surface area contributed by atoms with E-state index in [2.05, 4.69) is 29.8 Å². The number of rotatable bonds is 55. The monoisotopic (exact) mass is 1500 g/mol. The lowest BCUT2D eigenvalue weighted by Gasteiger charge is -2.51. The van der Waals surface area contributed by atoms with Crippen LogP contribution in [0.4, 0.5) is 0 Å². The Kier molecular flexibility index (Phi) is 44.3. The van der Waals surface area contributed by atoms with Crippen molar-refractivity contribution in [1.82, 2.24) is 16.0 Å². The van der Waals surface area contributed by atoms with Crippen LogP contribution >= 0.6 is 0 Å². The smallest absolute Gasteiger partial charge is 0.364 e. The Balaban J connectivity index is 1.47. The van der Waals surface area contributed by atoms with Gasteiger partial charge in [0, 0.05) is 33.1 Å². The Bertz CT molecular complexity index is 2390.